The van der Waals surface area contributed by atoms with Gasteiger partial charge in [0.05, 0.1) is 0 Å². The van der Waals surface area contributed by atoms with Crippen molar-refractivity contribution in [2.45, 2.75) is 32.4 Å². The Bertz CT molecular complexity index is 667. The molecule has 21 heavy (non-hydrogen) atoms. The molecule has 1 fully saturated rings. The lowest BCUT2D eigenvalue weighted by Gasteiger charge is -2.30. The number of rotatable bonds is 3. The lowest BCUT2D eigenvalue weighted by molar-refractivity contribution is -0.144. The summed E-state index contributed by atoms with van der Waals surface area (Å²) < 4.78 is 0. The molecule has 1 N–H and O–H groups in total. The van der Waals surface area contributed by atoms with Crippen molar-refractivity contribution in [2.75, 3.05) is 6.54 Å². The van der Waals surface area contributed by atoms with Gasteiger partial charge in [-0.1, -0.05) is 43.3 Å². The van der Waals surface area contributed by atoms with Crippen LogP contribution in [0.4, 0.5) is 0 Å². The Labute approximate surface area is 125 Å². The molecule has 3 rings (SSSR count). The van der Waals surface area contributed by atoms with Gasteiger partial charge in [-0.2, -0.15) is 0 Å². The fourth-order valence-electron chi connectivity index (χ4n) is 3.46. The zero-order chi connectivity index (χ0) is 15.0. The summed E-state index contributed by atoms with van der Waals surface area (Å²) in [5.74, 6) is -0.488. The van der Waals surface area contributed by atoms with E-state index in [1.807, 2.05) is 19.1 Å². The van der Waals surface area contributed by atoms with E-state index in [0.29, 0.717) is 0 Å². The Morgan fingerprint density at radius 1 is 1.24 bits per heavy atom. The van der Waals surface area contributed by atoms with Crippen molar-refractivity contribution in [1.82, 2.24) is 4.90 Å². The maximum Gasteiger partial charge on any atom is 0.321 e. The highest BCUT2D eigenvalue weighted by molar-refractivity contribution is 5.83. The van der Waals surface area contributed by atoms with E-state index < -0.39 is 5.97 Å². The molecule has 0 aromatic heterocycles. The maximum absolute atomic E-state index is 11.5. The van der Waals surface area contributed by atoms with Crippen molar-refractivity contribution in [2.24, 2.45) is 5.92 Å². The van der Waals surface area contributed by atoms with Crippen LogP contribution in [0.15, 0.2) is 42.5 Å². The quantitative estimate of drug-likeness (QED) is 0.933. The lowest BCUT2D eigenvalue weighted by Crippen LogP contribution is -2.40. The second-order valence-corrected chi connectivity index (χ2v) is 6.07. The van der Waals surface area contributed by atoms with Gasteiger partial charge in [0.2, 0.25) is 0 Å². The smallest absolute Gasteiger partial charge is 0.321 e. The van der Waals surface area contributed by atoms with Crippen LogP contribution >= 0.6 is 0 Å². The second-order valence-electron chi connectivity index (χ2n) is 6.07. The van der Waals surface area contributed by atoms with Crippen LogP contribution in [0.2, 0.25) is 0 Å². The third-order valence-corrected chi connectivity index (χ3v) is 4.75. The predicted octanol–water partition coefficient (Wildman–Crippen LogP) is 3.70. The summed E-state index contributed by atoms with van der Waals surface area (Å²) in [6.07, 6.45) is 0.953. The average Bonchev–Trinajstić information content (AvgIpc) is 2.88. The molecular formula is C18H21NO2. The molecular weight excluding hydrogens is 262 g/mol. The Balaban J connectivity index is 1.92. The Hall–Kier alpha value is -1.87. The molecule has 110 valence electrons. The van der Waals surface area contributed by atoms with Crippen LogP contribution in [0.1, 0.15) is 31.9 Å². The molecule has 0 radical (unpaired) electrons. The third-order valence-electron chi connectivity index (χ3n) is 4.75. The number of hydrogen-bond donors (Lipinski definition) is 1. The topological polar surface area (TPSA) is 40.5 Å². The molecule has 3 nitrogen and oxygen atoms in total. The van der Waals surface area contributed by atoms with Crippen LogP contribution in [0.5, 0.6) is 0 Å². The summed E-state index contributed by atoms with van der Waals surface area (Å²) in [7, 11) is 0. The van der Waals surface area contributed by atoms with Crippen LogP contribution in [0.3, 0.4) is 0 Å². The zero-order valence-electron chi connectivity index (χ0n) is 12.5. The maximum atomic E-state index is 11.5. The molecule has 3 unspecified atom stereocenters. The van der Waals surface area contributed by atoms with E-state index in [2.05, 4.69) is 42.2 Å². The first-order valence-electron chi connectivity index (χ1n) is 7.55. The number of benzene rings is 2. The minimum Gasteiger partial charge on any atom is -0.480 e. The molecule has 0 amide bonds. The van der Waals surface area contributed by atoms with Gasteiger partial charge in [-0.15, -0.1) is 0 Å². The van der Waals surface area contributed by atoms with E-state index in [-0.39, 0.29) is 18.0 Å². The number of aliphatic carboxylic acids is 1. The van der Waals surface area contributed by atoms with Crippen LogP contribution in [0.25, 0.3) is 10.8 Å². The molecule has 2 aromatic carbocycles. The van der Waals surface area contributed by atoms with Crippen LogP contribution in [0, 0.1) is 5.92 Å². The minimum absolute atomic E-state index is 0.126. The van der Waals surface area contributed by atoms with E-state index in [1.54, 1.807) is 0 Å². The van der Waals surface area contributed by atoms with Gasteiger partial charge in [0.1, 0.15) is 6.04 Å². The highest BCUT2D eigenvalue weighted by atomic mass is 16.4. The molecule has 0 saturated carbocycles. The van der Waals surface area contributed by atoms with E-state index in [1.165, 1.54) is 16.3 Å². The van der Waals surface area contributed by atoms with Crippen LogP contribution in [-0.2, 0) is 4.79 Å². The highest BCUT2D eigenvalue weighted by Crippen LogP contribution is 2.33. The number of nitrogens with zero attached hydrogens (tertiary/aromatic N) is 1. The molecule has 0 aliphatic carbocycles. The monoisotopic (exact) mass is 283 g/mol. The molecule has 1 aliphatic heterocycles. The largest absolute Gasteiger partial charge is 0.480 e. The van der Waals surface area contributed by atoms with Crippen LogP contribution in [-0.4, -0.2) is 28.6 Å². The number of hydrogen-bond acceptors (Lipinski definition) is 2. The zero-order valence-corrected chi connectivity index (χ0v) is 12.5. The predicted molar refractivity (Wildman–Crippen MR) is 84.3 cm³/mol. The number of carboxylic acids is 1. The first kappa shape index (κ1) is 14.1. The van der Waals surface area contributed by atoms with Crippen molar-refractivity contribution in [3.8, 4) is 0 Å². The molecule has 1 saturated heterocycles. The van der Waals surface area contributed by atoms with Crippen molar-refractivity contribution < 1.29 is 9.90 Å². The SMILES string of the molecule is CC1CCN(C(C)c2ccc3ccccc3c2)C1C(=O)O. The van der Waals surface area contributed by atoms with Gasteiger partial charge >= 0.3 is 5.97 Å². The molecule has 1 heterocycles. The first-order valence-corrected chi connectivity index (χ1v) is 7.55. The number of carboxylic acid groups (broad SMARTS) is 1. The van der Waals surface area contributed by atoms with E-state index in [0.717, 1.165) is 13.0 Å². The molecule has 2 aromatic rings. The summed E-state index contributed by atoms with van der Waals surface area (Å²) in [5, 5.41) is 11.9. The number of likely N-dealkylation sites (tertiary alicyclic amines) is 1. The van der Waals surface area contributed by atoms with Gasteiger partial charge < -0.3 is 5.11 Å². The summed E-state index contributed by atoms with van der Waals surface area (Å²) in [5.41, 5.74) is 1.19. The standard InChI is InChI=1S/C18H21NO2/c1-12-9-10-19(17(12)18(20)21)13(2)15-8-7-14-5-3-4-6-16(14)11-15/h3-8,11-13,17H,9-10H2,1-2H3,(H,20,21). The molecule has 0 bridgehead atoms. The van der Waals surface area contributed by atoms with E-state index >= 15 is 0 Å². The lowest BCUT2D eigenvalue weighted by atomic mass is 9.99. The van der Waals surface area contributed by atoms with Gasteiger partial charge in [0, 0.05) is 6.04 Å². The normalized spacial score (nSPS) is 24.3. The fourth-order valence-corrected chi connectivity index (χ4v) is 3.46. The van der Waals surface area contributed by atoms with Crippen molar-refractivity contribution in [1.29, 1.82) is 0 Å². The average molecular weight is 283 g/mol. The molecule has 1 aliphatic rings. The van der Waals surface area contributed by atoms with E-state index in [9.17, 15) is 9.90 Å². The van der Waals surface area contributed by atoms with E-state index in [4.69, 9.17) is 0 Å². The Kier molecular flexibility index (Phi) is 3.68. The molecule has 3 atom stereocenters. The summed E-state index contributed by atoms with van der Waals surface area (Å²) in [6, 6.07) is 14.5. The minimum atomic E-state index is -0.701. The van der Waals surface area contributed by atoms with Gasteiger partial charge in [-0.3, -0.25) is 9.69 Å². The second kappa shape index (κ2) is 5.49. The summed E-state index contributed by atoms with van der Waals surface area (Å²) in [6.45, 7) is 5.00. The fraction of sp³-hybridized carbons (Fsp3) is 0.389. The molecule has 0 spiro atoms. The summed E-state index contributed by atoms with van der Waals surface area (Å²) in [4.78, 5) is 13.7. The first-order chi connectivity index (χ1) is 10.1. The van der Waals surface area contributed by atoms with Crippen LogP contribution < -0.4 is 0 Å². The number of fused-ring (bicyclic) bond motifs is 1. The van der Waals surface area contributed by atoms with Gasteiger partial charge in [-0.25, -0.2) is 0 Å². The summed E-state index contributed by atoms with van der Waals surface area (Å²) >= 11 is 0. The third kappa shape index (κ3) is 2.54. The van der Waals surface area contributed by atoms with Crippen molar-refractivity contribution in [3.63, 3.8) is 0 Å². The Morgan fingerprint density at radius 2 is 1.95 bits per heavy atom. The van der Waals surface area contributed by atoms with Gasteiger partial charge in [-0.05, 0) is 48.2 Å². The Morgan fingerprint density at radius 3 is 2.67 bits per heavy atom. The highest BCUT2D eigenvalue weighted by Gasteiger charge is 2.39. The van der Waals surface area contributed by atoms with Gasteiger partial charge in [0.25, 0.3) is 0 Å². The van der Waals surface area contributed by atoms with Crippen molar-refractivity contribution >= 4 is 16.7 Å². The number of carbonyl (C=O) groups is 1. The van der Waals surface area contributed by atoms with Gasteiger partial charge in [0.15, 0.2) is 0 Å². The molecule has 3 heteroatoms. The van der Waals surface area contributed by atoms with Crippen molar-refractivity contribution in [3.05, 3.63) is 48.0 Å².